The lowest BCUT2D eigenvalue weighted by molar-refractivity contribution is -0.122. The standard InChI is InChI=1S/C13H25N3O/c1-10(13(17)15-12-3-4-12)14-9-11-5-7-16(2)8-6-11/h10-12,14H,3-9H2,1-2H3,(H,15,17). The van der Waals surface area contributed by atoms with Gasteiger partial charge < -0.3 is 15.5 Å². The van der Waals surface area contributed by atoms with Crippen LogP contribution in [0.4, 0.5) is 0 Å². The lowest BCUT2D eigenvalue weighted by Crippen LogP contribution is -2.45. The molecule has 1 aliphatic carbocycles. The van der Waals surface area contributed by atoms with Crippen molar-refractivity contribution in [3.05, 3.63) is 0 Å². The number of nitrogens with one attached hydrogen (secondary N) is 2. The van der Waals surface area contributed by atoms with Crippen molar-refractivity contribution in [3.63, 3.8) is 0 Å². The zero-order valence-corrected chi connectivity index (χ0v) is 11.0. The Morgan fingerprint density at radius 2 is 1.94 bits per heavy atom. The van der Waals surface area contributed by atoms with E-state index in [2.05, 4.69) is 22.6 Å². The van der Waals surface area contributed by atoms with E-state index in [0.717, 1.165) is 25.3 Å². The fourth-order valence-electron chi connectivity index (χ4n) is 2.26. The summed E-state index contributed by atoms with van der Waals surface area (Å²) in [7, 11) is 2.18. The second kappa shape index (κ2) is 5.83. The molecule has 1 heterocycles. The topological polar surface area (TPSA) is 44.4 Å². The Bertz CT molecular complexity index is 257. The minimum Gasteiger partial charge on any atom is -0.352 e. The van der Waals surface area contributed by atoms with E-state index in [9.17, 15) is 4.79 Å². The summed E-state index contributed by atoms with van der Waals surface area (Å²) in [4.78, 5) is 14.1. The molecule has 0 spiro atoms. The number of hydrogen-bond acceptors (Lipinski definition) is 3. The second-order valence-electron chi connectivity index (χ2n) is 5.66. The van der Waals surface area contributed by atoms with Crippen LogP contribution in [0.5, 0.6) is 0 Å². The average molecular weight is 239 g/mol. The first-order valence-corrected chi connectivity index (χ1v) is 6.87. The quantitative estimate of drug-likeness (QED) is 0.738. The zero-order valence-electron chi connectivity index (χ0n) is 11.0. The molecule has 2 N–H and O–H groups in total. The van der Waals surface area contributed by atoms with Crippen molar-refractivity contribution < 1.29 is 4.79 Å². The molecule has 0 aromatic carbocycles. The first kappa shape index (κ1) is 12.8. The summed E-state index contributed by atoms with van der Waals surface area (Å²) in [6.45, 7) is 5.32. The maximum absolute atomic E-state index is 11.7. The van der Waals surface area contributed by atoms with Gasteiger partial charge in [-0.25, -0.2) is 0 Å². The van der Waals surface area contributed by atoms with Gasteiger partial charge in [-0.15, -0.1) is 0 Å². The first-order valence-electron chi connectivity index (χ1n) is 6.87. The molecule has 0 aromatic heterocycles. The van der Waals surface area contributed by atoms with Crippen LogP contribution >= 0.6 is 0 Å². The Kier molecular flexibility index (Phi) is 4.40. The molecule has 2 aliphatic rings. The van der Waals surface area contributed by atoms with Crippen LogP contribution in [0, 0.1) is 5.92 Å². The second-order valence-corrected chi connectivity index (χ2v) is 5.66. The summed E-state index contributed by atoms with van der Waals surface area (Å²) >= 11 is 0. The van der Waals surface area contributed by atoms with Gasteiger partial charge in [0.1, 0.15) is 0 Å². The van der Waals surface area contributed by atoms with Crippen molar-refractivity contribution >= 4 is 5.91 Å². The monoisotopic (exact) mass is 239 g/mol. The fourth-order valence-corrected chi connectivity index (χ4v) is 2.26. The van der Waals surface area contributed by atoms with Crippen molar-refractivity contribution in [1.29, 1.82) is 0 Å². The molecule has 17 heavy (non-hydrogen) atoms. The number of carbonyl (C=O) groups excluding carboxylic acids is 1. The molecular formula is C13H25N3O. The van der Waals surface area contributed by atoms with Gasteiger partial charge in [0.15, 0.2) is 0 Å². The molecule has 0 bridgehead atoms. The molecule has 1 saturated carbocycles. The summed E-state index contributed by atoms with van der Waals surface area (Å²) in [5.74, 6) is 0.905. The molecule has 1 aliphatic heterocycles. The van der Waals surface area contributed by atoms with E-state index in [1.807, 2.05) is 6.92 Å². The van der Waals surface area contributed by atoms with Gasteiger partial charge >= 0.3 is 0 Å². The maximum Gasteiger partial charge on any atom is 0.237 e. The highest BCUT2D eigenvalue weighted by atomic mass is 16.2. The molecule has 0 aromatic rings. The maximum atomic E-state index is 11.7. The molecule has 2 rings (SSSR count). The zero-order chi connectivity index (χ0) is 12.3. The predicted octanol–water partition coefficient (Wildman–Crippen LogP) is 0.585. The summed E-state index contributed by atoms with van der Waals surface area (Å²) in [5.41, 5.74) is 0. The molecule has 1 amide bonds. The molecule has 4 nitrogen and oxygen atoms in total. The van der Waals surface area contributed by atoms with Crippen molar-refractivity contribution in [3.8, 4) is 0 Å². The average Bonchev–Trinajstić information content (AvgIpc) is 3.11. The van der Waals surface area contributed by atoms with E-state index in [-0.39, 0.29) is 11.9 Å². The Morgan fingerprint density at radius 3 is 2.53 bits per heavy atom. The number of likely N-dealkylation sites (tertiary alicyclic amines) is 1. The van der Waals surface area contributed by atoms with Crippen LogP contribution in [0.1, 0.15) is 32.6 Å². The largest absolute Gasteiger partial charge is 0.352 e. The first-order chi connectivity index (χ1) is 8.15. The van der Waals surface area contributed by atoms with Crippen LogP contribution in [0.2, 0.25) is 0 Å². The van der Waals surface area contributed by atoms with E-state index < -0.39 is 0 Å². The van der Waals surface area contributed by atoms with Gasteiger partial charge in [-0.2, -0.15) is 0 Å². The number of amides is 1. The normalized spacial score (nSPS) is 24.6. The molecule has 1 atom stereocenters. The third kappa shape index (κ3) is 4.28. The Morgan fingerprint density at radius 1 is 1.29 bits per heavy atom. The third-order valence-corrected chi connectivity index (χ3v) is 3.87. The summed E-state index contributed by atoms with van der Waals surface area (Å²) in [5, 5.41) is 6.41. The SMILES string of the molecule is CC(NCC1CCN(C)CC1)C(=O)NC1CC1. The van der Waals surface area contributed by atoms with Gasteiger partial charge in [0, 0.05) is 6.04 Å². The van der Waals surface area contributed by atoms with Crippen LogP contribution in [-0.4, -0.2) is 49.6 Å². The van der Waals surface area contributed by atoms with Crippen LogP contribution in [0.15, 0.2) is 0 Å². The highest BCUT2D eigenvalue weighted by Crippen LogP contribution is 2.18. The number of hydrogen-bond donors (Lipinski definition) is 2. The minimum atomic E-state index is -0.0461. The van der Waals surface area contributed by atoms with E-state index in [0.29, 0.717) is 6.04 Å². The van der Waals surface area contributed by atoms with Crippen molar-refractivity contribution in [2.24, 2.45) is 5.92 Å². The Balaban J connectivity index is 1.61. The number of rotatable bonds is 5. The molecule has 4 heteroatoms. The summed E-state index contributed by atoms with van der Waals surface area (Å²) < 4.78 is 0. The van der Waals surface area contributed by atoms with E-state index in [1.165, 1.54) is 25.9 Å². The Labute approximate surface area is 104 Å². The third-order valence-electron chi connectivity index (χ3n) is 3.87. The van der Waals surface area contributed by atoms with Gasteiger partial charge in [-0.1, -0.05) is 0 Å². The Hall–Kier alpha value is -0.610. The number of carbonyl (C=O) groups is 1. The smallest absolute Gasteiger partial charge is 0.237 e. The summed E-state index contributed by atoms with van der Waals surface area (Å²) in [6, 6.07) is 0.422. The minimum absolute atomic E-state index is 0.0461. The van der Waals surface area contributed by atoms with Gasteiger partial charge in [-0.3, -0.25) is 4.79 Å². The highest BCUT2D eigenvalue weighted by Gasteiger charge is 2.26. The molecule has 0 radical (unpaired) electrons. The summed E-state index contributed by atoms with van der Waals surface area (Å²) in [6.07, 6.45) is 4.82. The van der Waals surface area contributed by atoms with E-state index in [1.54, 1.807) is 0 Å². The van der Waals surface area contributed by atoms with Crippen molar-refractivity contribution in [2.45, 2.75) is 44.7 Å². The molecular weight excluding hydrogens is 214 g/mol. The molecule has 2 fully saturated rings. The lowest BCUT2D eigenvalue weighted by atomic mass is 9.97. The van der Waals surface area contributed by atoms with Gasteiger partial charge in [0.25, 0.3) is 0 Å². The number of piperidine rings is 1. The van der Waals surface area contributed by atoms with Crippen molar-refractivity contribution in [1.82, 2.24) is 15.5 Å². The van der Waals surface area contributed by atoms with Crippen LogP contribution in [-0.2, 0) is 4.79 Å². The van der Waals surface area contributed by atoms with Crippen molar-refractivity contribution in [2.75, 3.05) is 26.7 Å². The van der Waals surface area contributed by atoms with E-state index >= 15 is 0 Å². The lowest BCUT2D eigenvalue weighted by Gasteiger charge is -2.29. The van der Waals surface area contributed by atoms with Gasteiger partial charge in [0.2, 0.25) is 5.91 Å². The molecule has 1 unspecified atom stereocenters. The van der Waals surface area contributed by atoms with Gasteiger partial charge in [-0.05, 0) is 65.2 Å². The van der Waals surface area contributed by atoms with Crippen LogP contribution in [0.3, 0.4) is 0 Å². The van der Waals surface area contributed by atoms with Crippen LogP contribution < -0.4 is 10.6 Å². The van der Waals surface area contributed by atoms with Gasteiger partial charge in [0.05, 0.1) is 6.04 Å². The van der Waals surface area contributed by atoms with E-state index in [4.69, 9.17) is 0 Å². The van der Waals surface area contributed by atoms with Crippen LogP contribution in [0.25, 0.3) is 0 Å². The number of nitrogens with zero attached hydrogens (tertiary/aromatic N) is 1. The predicted molar refractivity (Wildman–Crippen MR) is 68.9 cm³/mol. The fraction of sp³-hybridized carbons (Fsp3) is 0.923. The highest BCUT2D eigenvalue weighted by molar-refractivity contribution is 5.81. The molecule has 98 valence electrons. The molecule has 1 saturated heterocycles.